The van der Waals surface area contributed by atoms with E-state index in [0.29, 0.717) is 35.5 Å². The maximum absolute atomic E-state index is 13.3. The predicted molar refractivity (Wildman–Crippen MR) is 118 cm³/mol. The monoisotopic (exact) mass is 455 g/mol. The molecular formula is C24H23F2N3O4. The number of amides is 1. The van der Waals surface area contributed by atoms with Crippen LogP contribution >= 0.6 is 0 Å². The van der Waals surface area contributed by atoms with Crippen LogP contribution in [0.1, 0.15) is 29.5 Å². The maximum atomic E-state index is 13.3. The van der Waals surface area contributed by atoms with Crippen LogP contribution < -0.4 is 15.6 Å². The molecule has 2 heterocycles. The van der Waals surface area contributed by atoms with Crippen molar-refractivity contribution in [1.29, 1.82) is 0 Å². The summed E-state index contributed by atoms with van der Waals surface area (Å²) in [5.74, 6) is 0.0117. The third-order valence-corrected chi connectivity index (χ3v) is 5.60. The number of nitrogens with one attached hydrogen (secondary N) is 2. The number of carbonyl (C=O) groups excluding carboxylic acids is 1. The summed E-state index contributed by atoms with van der Waals surface area (Å²) in [4.78, 5) is 32.6. The highest BCUT2D eigenvalue weighted by Gasteiger charge is 2.51. The Kier molecular flexibility index (Phi) is 5.75. The fourth-order valence-electron chi connectivity index (χ4n) is 3.68. The molecule has 1 aliphatic rings. The van der Waals surface area contributed by atoms with Gasteiger partial charge in [-0.1, -0.05) is 12.1 Å². The van der Waals surface area contributed by atoms with Crippen LogP contribution in [-0.4, -0.2) is 29.3 Å². The number of H-pyrrole nitrogens is 1. The van der Waals surface area contributed by atoms with Crippen molar-refractivity contribution in [3.05, 3.63) is 75.7 Å². The lowest BCUT2D eigenvalue weighted by molar-refractivity contribution is -0.342. The van der Waals surface area contributed by atoms with Crippen LogP contribution in [0, 0.1) is 13.8 Å². The van der Waals surface area contributed by atoms with Gasteiger partial charge in [-0.05, 0) is 73.7 Å². The lowest BCUT2D eigenvalue weighted by Crippen LogP contribution is -2.29. The second-order valence-electron chi connectivity index (χ2n) is 8.16. The summed E-state index contributed by atoms with van der Waals surface area (Å²) in [6, 6.07) is 11.2. The van der Waals surface area contributed by atoms with Crippen molar-refractivity contribution in [3.63, 3.8) is 0 Å². The topological polar surface area (TPSA) is 93.3 Å². The van der Waals surface area contributed by atoms with Crippen molar-refractivity contribution < 1.29 is 23.0 Å². The molecule has 7 nitrogen and oxygen atoms in total. The van der Waals surface area contributed by atoms with Crippen LogP contribution in [0.15, 0.2) is 53.5 Å². The summed E-state index contributed by atoms with van der Waals surface area (Å²) in [6.45, 7) is 3.72. The minimum Gasteiger partial charge on any atom is -0.409 e. The molecule has 1 aromatic carbocycles. The van der Waals surface area contributed by atoms with Crippen LogP contribution in [0.5, 0.6) is 5.75 Å². The van der Waals surface area contributed by atoms with Crippen molar-refractivity contribution in [2.45, 2.75) is 38.4 Å². The van der Waals surface area contributed by atoms with E-state index in [4.69, 9.17) is 0 Å². The van der Waals surface area contributed by atoms with Gasteiger partial charge in [-0.15, -0.1) is 8.78 Å². The second-order valence-corrected chi connectivity index (χ2v) is 8.16. The summed E-state index contributed by atoms with van der Waals surface area (Å²) in [5, 5.41) is 2.86. The maximum Gasteiger partial charge on any atom is 0.535 e. The van der Waals surface area contributed by atoms with Gasteiger partial charge in [0.2, 0.25) is 5.91 Å². The van der Waals surface area contributed by atoms with Crippen molar-refractivity contribution in [1.82, 2.24) is 9.97 Å². The first-order valence-electron chi connectivity index (χ1n) is 10.3. The number of pyridine rings is 2. The van der Waals surface area contributed by atoms with E-state index >= 15 is 0 Å². The molecule has 0 radical (unpaired) electrons. The molecule has 0 spiro atoms. The zero-order valence-electron chi connectivity index (χ0n) is 18.4. The fourth-order valence-corrected chi connectivity index (χ4v) is 3.68. The standard InChI is InChI=1S/C24H23F2N3O4/c1-14-11-19(18-10-15(2)13-27-21(18)30)28-20(12-14)29-22(31)23(8-9-23)16-4-6-17(7-5-16)33-24(25,26)32-3/h4-7,10-13H,8-9H2,1-3H3,(H,27,30)(H,28,29,31). The van der Waals surface area contributed by atoms with E-state index in [2.05, 4.69) is 24.8 Å². The number of methoxy groups -OCH3 is 1. The van der Waals surface area contributed by atoms with E-state index in [1.807, 2.05) is 13.8 Å². The number of anilines is 1. The van der Waals surface area contributed by atoms with Crippen LogP contribution in [0.25, 0.3) is 11.3 Å². The molecule has 0 bridgehead atoms. The van der Waals surface area contributed by atoms with Gasteiger partial charge in [-0.3, -0.25) is 14.3 Å². The molecule has 2 aromatic heterocycles. The number of ether oxygens (including phenoxy) is 2. The molecule has 0 aliphatic heterocycles. The number of hydrogen-bond acceptors (Lipinski definition) is 5. The average Bonchev–Trinajstić information content (AvgIpc) is 3.57. The number of carbonyl (C=O) groups is 1. The Morgan fingerprint density at radius 3 is 2.45 bits per heavy atom. The highest BCUT2D eigenvalue weighted by Crippen LogP contribution is 2.49. The summed E-state index contributed by atoms with van der Waals surface area (Å²) in [6.07, 6.45) is -0.884. The number of hydrogen-bond donors (Lipinski definition) is 2. The first-order valence-corrected chi connectivity index (χ1v) is 10.3. The molecule has 1 saturated carbocycles. The first kappa shape index (κ1) is 22.6. The fraction of sp³-hybridized carbons (Fsp3) is 0.292. The van der Waals surface area contributed by atoms with Gasteiger partial charge in [-0.2, -0.15) is 0 Å². The highest BCUT2D eigenvalue weighted by molar-refractivity contribution is 6.01. The molecule has 0 atom stereocenters. The molecule has 9 heteroatoms. The van der Waals surface area contributed by atoms with Crippen LogP contribution in [0.2, 0.25) is 0 Å². The van der Waals surface area contributed by atoms with Crippen molar-refractivity contribution in [3.8, 4) is 17.0 Å². The quantitative estimate of drug-likeness (QED) is 0.518. The first-order chi connectivity index (χ1) is 15.6. The second kappa shape index (κ2) is 8.40. The number of halogens is 2. The van der Waals surface area contributed by atoms with E-state index in [-0.39, 0.29) is 17.2 Å². The molecule has 3 aromatic rings. The molecule has 4 rings (SSSR count). The number of aromatic nitrogens is 2. The van der Waals surface area contributed by atoms with Gasteiger partial charge in [0.25, 0.3) is 5.56 Å². The zero-order chi connectivity index (χ0) is 23.8. The predicted octanol–water partition coefficient (Wildman–Crippen LogP) is 4.30. The minimum absolute atomic E-state index is 0.0739. The van der Waals surface area contributed by atoms with E-state index in [1.165, 1.54) is 12.1 Å². The molecule has 2 N–H and O–H groups in total. The normalized spacial score (nSPS) is 14.6. The van der Waals surface area contributed by atoms with Gasteiger partial charge in [0.15, 0.2) is 0 Å². The number of aromatic amines is 1. The lowest BCUT2D eigenvalue weighted by Gasteiger charge is -2.18. The summed E-state index contributed by atoms with van der Waals surface area (Å²) in [7, 11) is 0.845. The summed E-state index contributed by atoms with van der Waals surface area (Å²) >= 11 is 0. The number of aryl methyl sites for hydroxylation is 2. The number of rotatable bonds is 7. The minimum atomic E-state index is -3.73. The number of nitrogens with zero attached hydrogens (tertiary/aromatic N) is 1. The smallest absolute Gasteiger partial charge is 0.409 e. The van der Waals surface area contributed by atoms with E-state index in [9.17, 15) is 18.4 Å². The van der Waals surface area contributed by atoms with Gasteiger partial charge in [0.1, 0.15) is 11.6 Å². The van der Waals surface area contributed by atoms with Crippen molar-refractivity contribution >= 4 is 11.7 Å². The van der Waals surface area contributed by atoms with Gasteiger partial charge >= 0.3 is 6.29 Å². The average molecular weight is 455 g/mol. The molecule has 1 fully saturated rings. The molecule has 1 aliphatic carbocycles. The van der Waals surface area contributed by atoms with E-state index < -0.39 is 11.7 Å². The number of alkyl halides is 2. The molecule has 1 amide bonds. The van der Waals surface area contributed by atoms with Crippen LogP contribution in [-0.2, 0) is 14.9 Å². The lowest BCUT2D eigenvalue weighted by atomic mass is 9.95. The Morgan fingerprint density at radius 1 is 1.12 bits per heavy atom. The summed E-state index contributed by atoms with van der Waals surface area (Å²) in [5.41, 5.74) is 2.24. The van der Waals surface area contributed by atoms with Crippen LogP contribution in [0.3, 0.4) is 0 Å². The third-order valence-electron chi connectivity index (χ3n) is 5.60. The molecule has 33 heavy (non-hydrogen) atoms. The Bertz CT molecular complexity index is 1250. The molecule has 172 valence electrons. The van der Waals surface area contributed by atoms with Gasteiger partial charge in [0, 0.05) is 13.3 Å². The SMILES string of the molecule is COC(F)(F)Oc1ccc(C2(C(=O)Nc3cc(C)cc(-c4cc(C)c[nH]c4=O)n3)CC2)cc1. The van der Waals surface area contributed by atoms with E-state index in [1.54, 1.807) is 36.5 Å². The molecule has 0 unspecified atom stereocenters. The highest BCUT2D eigenvalue weighted by atomic mass is 19.3. The number of benzene rings is 1. The van der Waals surface area contributed by atoms with Gasteiger partial charge < -0.3 is 15.0 Å². The van der Waals surface area contributed by atoms with Crippen LogP contribution in [0.4, 0.5) is 14.6 Å². The Hall–Kier alpha value is -3.59. The zero-order valence-corrected chi connectivity index (χ0v) is 18.4. The Balaban J connectivity index is 1.55. The van der Waals surface area contributed by atoms with Gasteiger partial charge in [-0.25, -0.2) is 4.98 Å². The van der Waals surface area contributed by atoms with Crippen molar-refractivity contribution in [2.24, 2.45) is 0 Å². The largest absolute Gasteiger partial charge is 0.535 e. The summed E-state index contributed by atoms with van der Waals surface area (Å²) < 4.78 is 35.0. The van der Waals surface area contributed by atoms with Gasteiger partial charge in [0.05, 0.1) is 16.7 Å². The Labute approximate surface area is 188 Å². The Morgan fingerprint density at radius 2 is 1.82 bits per heavy atom. The third kappa shape index (κ3) is 4.78. The van der Waals surface area contributed by atoms with E-state index in [0.717, 1.165) is 18.2 Å². The molecule has 0 saturated heterocycles. The molecular weight excluding hydrogens is 432 g/mol. The van der Waals surface area contributed by atoms with Crippen molar-refractivity contribution in [2.75, 3.05) is 12.4 Å².